The minimum Gasteiger partial charge on any atom is -0.402 e. The van der Waals surface area contributed by atoms with Crippen molar-refractivity contribution in [2.75, 3.05) is 13.1 Å². The van der Waals surface area contributed by atoms with Gasteiger partial charge in [0.05, 0.1) is 0 Å². The van der Waals surface area contributed by atoms with Crippen LogP contribution in [0.2, 0.25) is 0 Å². The maximum absolute atomic E-state index is 5.76. The molecular formula is C10H19N3. The van der Waals surface area contributed by atoms with E-state index in [1.807, 2.05) is 12.2 Å². The first-order valence-electron chi connectivity index (χ1n) is 4.75. The molecule has 0 saturated carbocycles. The maximum Gasteiger partial charge on any atom is 0.0393 e. The molecule has 3 heteroatoms. The van der Waals surface area contributed by atoms with Gasteiger partial charge in [-0.05, 0) is 32.5 Å². The van der Waals surface area contributed by atoms with Gasteiger partial charge in [-0.1, -0.05) is 12.2 Å². The van der Waals surface area contributed by atoms with Crippen LogP contribution < -0.4 is 16.8 Å². The zero-order chi connectivity index (χ0) is 9.73. The summed E-state index contributed by atoms with van der Waals surface area (Å²) in [7, 11) is 0. The number of nitrogens with one attached hydrogen (secondary N) is 1. The molecule has 0 amide bonds. The molecule has 1 unspecified atom stereocenters. The first kappa shape index (κ1) is 10.3. The van der Waals surface area contributed by atoms with Crippen LogP contribution in [0, 0.1) is 0 Å². The van der Waals surface area contributed by atoms with Crippen LogP contribution in [-0.4, -0.2) is 18.6 Å². The van der Waals surface area contributed by atoms with Gasteiger partial charge in [0.15, 0.2) is 0 Å². The molecule has 0 bridgehead atoms. The van der Waals surface area contributed by atoms with Crippen molar-refractivity contribution in [3.05, 3.63) is 23.9 Å². The number of allylic oxidation sites excluding steroid dienone is 2. The Bertz CT molecular complexity index is 220. The van der Waals surface area contributed by atoms with Crippen LogP contribution in [0.3, 0.4) is 0 Å². The molecule has 0 radical (unpaired) electrons. The molecule has 3 nitrogen and oxygen atoms in total. The van der Waals surface area contributed by atoms with Crippen molar-refractivity contribution in [3.8, 4) is 0 Å². The monoisotopic (exact) mass is 181 g/mol. The van der Waals surface area contributed by atoms with E-state index in [4.69, 9.17) is 11.5 Å². The van der Waals surface area contributed by atoms with Gasteiger partial charge in [0.2, 0.25) is 0 Å². The third-order valence-electron chi connectivity index (χ3n) is 2.26. The zero-order valence-electron chi connectivity index (χ0n) is 8.22. The molecule has 74 valence electrons. The third-order valence-corrected chi connectivity index (χ3v) is 2.26. The van der Waals surface area contributed by atoms with E-state index in [9.17, 15) is 0 Å². The quantitative estimate of drug-likeness (QED) is 0.553. The van der Waals surface area contributed by atoms with Crippen molar-refractivity contribution in [1.82, 2.24) is 5.32 Å². The average Bonchev–Trinajstić information content (AvgIpc) is 2.04. The van der Waals surface area contributed by atoms with Crippen LogP contribution >= 0.6 is 0 Å². The minimum absolute atomic E-state index is 0.0218. The Hall–Kier alpha value is -0.800. The summed E-state index contributed by atoms with van der Waals surface area (Å²) in [6.07, 6.45) is 8.00. The Labute approximate surface area is 79.9 Å². The molecule has 0 saturated heterocycles. The molecule has 13 heavy (non-hydrogen) atoms. The lowest BCUT2D eigenvalue weighted by Gasteiger charge is -2.29. The second-order valence-corrected chi connectivity index (χ2v) is 3.76. The lowest BCUT2D eigenvalue weighted by atomic mass is 9.91. The molecule has 0 aromatic heterocycles. The number of rotatable bonds is 4. The molecule has 0 aliphatic heterocycles. The van der Waals surface area contributed by atoms with Crippen LogP contribution in [0.15, 0.2) is 23.9 Å². The molecule has 0 aromatic rings. The van der Waals surface area contributed by atoms with Crippen molar-refractivity contribution in [2.24, 2.45) is 11.5 Å². The minimum atomic E-state index is 0.0218. The van der Waals surface area contributed by atoms with E-state index in [2.05, 4.69) is 18.3 Å². The molecule has 1 aliphatic carbocycles. The third kappa shape index (κ3) is 3.20. The largest absolute Gasteiger partial charge is 0.402 e. The molecule has 0 spiro atoms. The van der Waals surface area contributed by atoms with Gasteiger partial charge in [0, 0.05) is 17.7 Å². The van der Waals surface area contributed by atoms with Crippen LogP contribution in [0.1, 0.15) is 19.8 Å². The Morgan fingerprint density at radius 1 is 1.62 bits per heavy atom. The summed E-state index contributed by atoms with van der Waals surface area (Å²) >= 11 is 0. The molecule has 0 fully saturated rings. The maximum atomic E-state index is 5.76. The van der Waals surface area contributed by atoms with Crippen molar-refractivity contribution in [3.63, 3.8) is 0 Å². The SMILES string of the molecule is CC1(NCCCN)C=CC=C(N)C1. The Kier molecular flexibility index (Phi) is 3.51. The Morgan fingerprint density at radius 3 is 3.00 bits per heavy atom. The molecule has 1 aliphatic rings. The number of hydrogen-bond donors (Lipinski definition) is 3. The first-order valence-corrected chi connectivity index (χ1v) is 4.75. The Morgan fingerprint density at radius 2 is 2.38 bits per heavy atom. The lowest BCUT2D eigenvalue weighted by Crippen LogP contribution is -2.43. The summed E-state index contributed by atoms with van der Waals surface area (Å²) in [4.78, 5) is 0. The highest BCUT2D eigenvalue weighted by Gasteiger charge is 2.22. The fourth-order valence-corrected chi connectivity index (χ4v) is 1.52. The molecule has 1 atom stereocenters. The second kappa shape index (κ2) is 4.44. The van der Waals surface area contributed by atoms with Crippen LogP contribution in [-0.2, 0) is 0 Å². The van der Waals surface area contributed by atoms with Gasteiger partial charge in [0.25, 0.3) is 0 Å². The van der Waals surface area contributed by atoms with Gasteiger partial charge in [0.1, 0.15) is 0 Å². The first-order chi connectivity index (χ1) is 6.16. The Balaban J connectivity index is 2.39. The standard InChI is InChI=1S/C10H19N3/c1-10(13-7-3-6-11)5-2-4-9(12)8-10/h2,4-5,13H,3,6-8,11-12H2,1H3. The highest BCUT2D eigenvalue weighted by molar-refractivity contribution is 5.24. The highest BCUT2D eigenvalue weighted by atomic mass is 15.0. The zero-order valence-corrected chi connectivity index (χ0v) is 8.22. The van der Waals surface area contributed by atoms with Gasteiger partial charge in [-0.25, -0.2) is 0 Å². The topological polar surface area (TPSA) is 64.1 Å². The van der Waals surface area contributed by atoms with Crippen molar-refractivity contribution in [1.29, 1.82) is 0 Å². The van der Waals surface area contributed by atoms with Crippen LogP contribution in [0.4, 0.5) is 0 Å². The van der Waals surface area contributed by atoms with Crippen molar-refractivity contribution in [2.45, 2.75) is 25.3 Å². The predicted octanol–water partition coefficient (Wildman–Crippen LogP) is 0.486. The second-order valence-electron chi connectivity index (χ2n) is 3.76. The predicted molar refractivity (Wildman–Crippen MR) is 56.1 cm³/mol. The molecule has 1 rings (SSSR count). The molecule has 5 N–H and O–H groups in total. The van der Waals surface area contributed by atoms with E-state index in [0.29, 0.717) is 0 Å². The van der Waals surface area contributed by atoms with Gasteiger partial charge in [-0.15, -0.1) is 0 Å². The van der Waals surface area contributed by atoms with E-state index in [-0.39, 0.29) is 5.54 Å². The molecule has 0 heterocycles. The number of hydrogen-bond acceptors (Lipinski definition) is 3. The van der Waals surface area contributed by atoms with E-state index in [1.165, 1.54) is 0 Å². The lowest BCUT2D eigenvalue weighted by molar-refractivity contribution is 0.425. The number of nitrogens with two attached hydrogens (primary N) is 2. The van der Waals surface area contributed by atoms with E-state index in [1.54, 1.807) is 0 Å². The van der Waals surface area contributed by atoms with Gasteiger partial charge >= 0.3 is 0 Å². The van der Waals surface area contributed by atoms with Gasteiger partial charge in [-0.3, -0.25) is 0 Å². The summed E-state index contributed by atoms with van der Waals surface area (Å²) in [5.74, 6) is 0. The van der Waals surface area contributed by atoms with Crippen LogP contribution in [0.5, 0.6) is 0 Å². The fraction of sp³-hybridized carbons (Fsp3) is 0.600. The summed E-state index contributed by atoms with van der Waals surface area (Å²) in [5, 5.41) is 3.44. The average molecular weight is 181 g/mol. The van der Waals surface area contributed by atoms with E-state index >= 15 is 0 Å². The molecule has 0 aromatic carbocycles. The van der Waals surface area contributed by atoms with E-state index in [0.717, 1.165) is 31.6 Å². The van der Waals surface area contributed by atoms with Gasteiger partial charge < -0.3 is 16.8 Å². The summed E-state index contributed by atoms with van der Waals surface area (Å²) in [5.41, 5.74) is 12.1. The highest BCUT2D eigenvalue weighted by Crippen LogP contribution is 2.19. The van der Waals surface area contributed by atoms with Crippen molar-refractivity contribution >= 4 is 0 Å². The van der Waals surface area contributed by atoms with Crippen LogP contribution in [0.25, 0.3) is 0 Å². The van der Waals surface area contributed by atoms with Gasteiger partial charge in [-0.2, -0.15) is 0 Å². The summed E-state index contributed by atoms with van der Waals surface area (Å²) in [6, 6.07) is 0. The summed E-state index contributed by atoms with van der Waals surface area (Å²) in [6.45, 7) is 3.84. The van der Waals surface area contributed by atoms with E-state index < -0.39 is 0 Å². The smallest absolute Gasteiger partial charge is 0.0393 e. The summed E-state index contributed by atoms with van der Waals surface area (Å²) < 4.78 is 0. The normalized spacial score (nSPS) is 27.4. The molecular weight excluding hydrogens is 162 g/mol. The van der Waals surface area contributed by atoms with Crippen molar-refractivity contribution < 1.29 is 0 Å². The fourth-order valence-electron chi connectivity index (χ4n) is 1.52.